The molecule has 0 saturated carbocycles. The lowest BCUT2D eigenvalue weighted by molar-refractivity contribution is -0.117. The Morgan fingerprint density at radius 1 is 1.40 bits per heavy atom. The van der Waals surface area contributed by atoms with Crippen LogP contribution in [0.4, 0.5) is 10.5 Å². The molecular formula is C13H18ClN3O2S. The molecule has 0 aliphatic carbocycles. The normalized spacial score (nSPS) is 10.1. The fourth-order valence-electron chi connectivity index (χ4n) is 1.38. The lowest BCUT2D eigenvalue weighted by Gasteiger charge is -2.07. The van der Waals surface area contributed by atoms with Crippen molar-refractivity contribution >= 4 is 41.0 Å². The summed E-state index contributed by atoms with van der Waals surface area (Å²) in [7, 11) is 0. The molecule has 0 radical (unpaired) electrons. The third-order valence-electron chi connectivity index (χ3n) is 2.40. The molecule has 0 bridgehead atoms. The first-order valence-electron chi connectivity index (χ1n) is 6.28. The molecule has 0 spiro atoms. The van der Waals surface area contributed by atoms with Crippen LogP contribution in [0, 0.1) is 0 Å². The second-order valence-corrected chi connectivity index (χ2v) is 5.58. The average Bonchev–Trinajstić information content (AvgIpc) is 2.38. The van der Waals surface area contributed by atoms with Gasteiger partial charge in [0.05, 0.1) is 5.75 Å². The Hall–Kier alpha value is -1.40. The number of urea groups is 1. The highest BCUT2D eigenvalue weighted by molar-refractivity contribution is 8.00. The van der Waals surface area contributed by atoms with Gasteiger partial charge in [-0.15, -0.1) is 11.8 Å². The minimum absolute atomic E-state index is 0.118. The van der Waals surface area contributed by atoms with E-state index in [9.17, 15) is 9.59 Å². The van der Waals surface area contributed by atoms with Gasteiger partial charge in [-0.3, -0.25) is 10.1 Å². The number of hydrogen-bond acceptors (Lipinski definition) is 4. The SMILES string of the molecule is CCCCNC(=O)NC(=O)CSc1ccc(Cl)cc1N. The second kappa shape index (κ2) is 8.71. The van der Waals surface area contributed by atoms with Gasteiger partial charge in [-0.2, -0.15) is 0 Å². The Balaban J connectivity index is 2.34. The van der Waals surface area contributed by atoms with E-state index < -0.39 is 6.03 Å². The van der Waals surface area contributed by atoms with Crippen molar-refractivity contribution in [3.63, 3.8) is 0 Å². The van der Waals surface area contributed by atoms with Crippen LogP contribution in [-0.2, 0) is 4.79 Å². The van der Waals surface area contributed by atoms with Crippen molar-refractivity contribution < 1.29 is 9.59 Å². The molecule has 0 unspecified atom stereocenters. The van der Waals surface area contributed by atoms with Crippen LogP contribution in [0.3, 0.4) is 0 Å². The van der Waals surface area contributed by atoms with E-state index in [2.05, 4.69) is 10.6 Å². The molecule has 4 N–H and O–H groups in total. The molecule has 0 heterocycles. The number of hydrogen-bond donors (Lipinski definition) is 3. The number of nitrogen functional groups attached to an aromatic ring is 1. The number of benzene rings is 1. The zero-order valence-electron chi connectivity index (χ0n) is 11.2. The van der Waals surface area contributed by atoms with E-state index in [1.165, 1.54) is 11.8 Å². The number of imide groups is 1. The first-order chi connectivity index (χ1) is 9.52. The smallest absolute Gasteiger partial charge is 0.321 e. The van der Waals surface area contributed by atoms with Gasteiger partial charge in [0.25, 0.3) is 0 Å². The van der Waals surface area contributed by atoms with Crippen LogP contribution in [0.2, 0.25) is 5.02 Å². The lowest BCUT2D eigenvalue weighted by atomic mass is 10.3. The van der Waals surface area contributed by atoms with Crippen molar-refractivity contribution in [2.75, 3.05) is 18.0 Å². The van der Waals surface area contributed by atoms with Crippen molar-refractivity contribution in [3.05, 3.63) is 23.2 Å². The van der Waals surface area contributed by atoms with E-state index >= 15 is 0 Å². The van der Waals surface area contributed by atoms with Gasteiger partial charge < -0.3 is 11.1 Å². The minimum Gasteiger partial charge on any atom is -0.398 e. The fraction of sp³-hybridized carbons (Fsp3) is 0.385. The molecule has 1 rings (SSSR count). The summed E-state index contributed by atoms with van der Waals surface area (Å²) in [5.74, 6) is -0.245. The lowest BCUT2D eigenvalue weighted by Crippen LogP contribution is -2.40. The zero-order chi connectivity index (χ0) is 15.0. The van der Waals surface area contributed by atoms with Gasteiger partial charge in [-0.25, -0.2) is 4.79 Å². The van der Waals surface area contributed by atoms with Crippen molar-refractivity contribution in [2.24, 2.45) is 0 Å². The van der Waals surface area contributed by atoms with Gasteiger partial charge in [0, 0.05) is 22.2 Å². The molecule has 0 fully saturated rings. The Kier molecular flexibility index (Phi) is 7.25. The van der Waals surface area contributed by atoms with E-state index in [1.54, 1.807) is 18.2 Å². The second-order valence-electron chi connectivity index (χ2n) is 4.13. The summed E-state index contributed by atoms with van der Waals surface area (Å²) >= 11 is 7.05. The fourth-order valence-corrected chi connectivity index (χ4v) is 2.31. The van der Waals surface area contributed by atoms with Crippen LogP contribution in [0.1, 0.15) is 19.8 Å². The number of nitrogens with two attached hydrogens (primary N) is 1. The number of rotatable bonds is 6. The maximum Gasteiger partial charge on any atom is 0.321 e. The average molecular weight is 316 g/mol. The molecule has 7 heteroatoms. The molecule has 0 saturated heterocycles. The van der Waals surface area contributed by atoms with E-state index in [0.717, 1.165) is 17.7 Å². The van der Waals surface area contributed by atoms with Crippen LogP contribution >= 0.6 is 23.4 Å². The summed E-state index contributed by atoms with van der Waals surface area (Å²) in [5.41, 5.74) is 6.29. The number of anilines is 1. The van der Waals surface area contributed by atoms with Crippen LogP contribution in [0.25, 0.3) is 0 Å². The number of carbonyl (C=O) groups excluding carboxylic acids is 2. The van der Waals surface area contributed by atoms with Crippen molar-refractivity contribution in [3.8, 4) is 0 Å². The van der Waals surface area contributed by atoms with E-state index in [4.69, 9.17) is 17.3 Å². The van der Waals surface area contributed by atoms with Gasteiger partial charge >= 0.3 is 6.03 Å². The Morgan fingerprint density at radius 2 is 2.15 bits per heavy atom. The van der Waals surface area contributed by atoms with Crippen LogP contribution in [-0.4, -0.2) is 24.2 Å². The molecule has 1 aromatic carbocycles. The summed E-state index contributed by atoms with van der Waals surface area (Å²) in [5, 5.41) is 5.42. The van der Waals surface area contributed by atoms with Gasteiger partial charge in [0.15, 0.2) is 0 Å². The Bertz CT molecular complexity index is 483. The molecule has 0 aromatic heterocycles. The summed E-state index contributed by atoms with van der Waals surface area (Å²) in [4.78, 5) is 23.7. The summed E-state index contributed by atoms with van der Waals surface area (Å²) in [6.45, 7) is 2.59. The molecule has 20 heavy (non-hydrogen) atoms. The summed E-state index contributed by atoms with van der Waals surface area (Å²) in [6, 6.07) is 4.61. The Labute approximate surface area is 127 Å². The zero-order valence-corrected chi connectivity index (χ0v) is 12.8. The van der Waals surface area contributed by atoms with E-state index in [0.29, 0.717) is 17.3 Å². The molecule has 1 aromatic rings. The van der Waals surface area contributed by atoms with Crippen LogP contribution < -0.4 is 16.4 Å². The number of carbonyl (C=O) groups is 2. The molecule has 3 amide bonds. The Morgan fingerprint density at radius 3 is 2.80 bits per heavy atom. The topological polar surface area (TPSA) is 84.2 Å². The monoisotopic (exact) mass is 315 g/mol. The predicted octanol–water partition coefficient (Wildman–Crippen LogP) is 2.64. The summed E-state index contributed by atoms with van der Waals surface area (Å²) in [6.07, 6.45) is 1.87. The van der Waals surface area contributed by atoms with Crippen LogP contribution in [0.15, 0.2) is 23.1 Å². The molecule has 0 aliphatic rings. The van der Waals surface area contributed by atoms with Gasteiger partial charge in [0.2, 0.25) is 5.91 Å². The maximum absolute atomic E-state index is 11.6. The number of amides is 3. The third kappa shape index (κ3) is 6.16. The predicted molar refractivity (Wildman–Crippen MR) is 83.0 cm³/mol. The highest BCUT2D eigenvalue weighted by atomic mass is 35.5. The number of nitrogens with one attached hydrogen (secondary N) is 2. The van der Waals surface area contributed by atoms with E-state index in [-0.39, 0.29) is 11.7 Å². The first kappa shape index (κ1) is 16.7. The number of unbranched alkanes of at least 4 members (excludes halogenated alkanes) is 1. The largest absolute Gasteiger partial charge is 0.398 e. The van der Waals surface area contributed by atoms with Gasteiger partial charge in [0.1, 0.15) is 0 Å². The number of halogens is 1. The summed E-state index contributed by atoms with van der Waals surface area (Å²) < 4.78 is 0. The van der Waals surface area contributed by atoms with Crippen molar-refractivity contribution in [1.82, 2.24) is 10.6 Å². The molecule has 0 aliphatic heterocycles. The highest BCUT2D eigenvalue weighted by Crippen LogP contribution is 2.27. The van der Waals surface area contributed by atoms with Gasteiger partial charge in [-0.1, -0.05) is 24.9 Å². The molecule has 5 nitrogen and oxygen atoms in total. The molecule has 0 atom stereocenters. The van der Waals surface area contributed by atoms with Crippen molar-refractivity contribution in [1.29, 1.82) is 0 Å². The third-order valence-corrected chi connectivity index (χ3v) is 3.72. The molecular weight excluding hydrogens is 298 g/mol. The standard InChI is InChI=1S/C13H18ClN3O2S/c1-2-3-6-16-13(19)17-12(18)8-20-11-5-4-9(14)7-10(11)15/h4-5,7H,2-3,6,8,15H2,1H3,(H2,16,17,18,19). The van der Waals surface area contributed by atoms with Crippen LogP contribution in [0.5, 0.6) is 0 Å². The minimum atomic E-state index is -0.465. The van der Waals surface area contributed by atoms with E-state index in [1.807, 2.05) is 6.92 Å². The first-order valence-corrected chi connectivity index (χ1v) is 7.64. The maximum atomic E-state index is 11.6. The number of thioether (sulfide) groups is 1. The van der Waals surface area contributed by atoms with Crippen molar-refractivity contribution in [2.45, 2.75) is 24.7 Å². The quantitative estimate of drug-likeness (QED) is 0.428. The van der Waals surface area contributed by atoms with Gasteiger partial charge in [-0.05, 0) is 24.6 Å². The molecule has 110 valence electrons. The highest BCUT2D eigenvalue weighted by Gasteiger charge is 2.09.